The second-order valence-electron chi connectivity index (χ2n) is 6.25. The van der Waals surface area contributed by atoms with E-state index in [0.717, 1.165) is 35.6 Å². The van der Waals surface area contributed by atoms with Gasteiger partial charge in [0.2, 0.25) is 5.95 Å². The predicted molar refractivity (Wildman–Crippen MR) is 93.4 cm³/mol. The fourth-order valence-electron chi connectivity index (χ4n) is 3.54. The van der Waals surface area contributed by atoms with Gasteiger partial charge in [0.25, 0.3) is 0 Å². The summed E-state index contributed by atoms with van der Waals surface area (Å²) in [7, 11) is 0. The third-order valence-electron chi connectivity index (χ3n) is 4.75. The summed E-state index contributed by atoms with van der Waals surface area (Å²) in [6.45, 7) is 2.91. The third-order valence-corrected chi connectivity index (χ3v) is 4.75. The average Bonchev–Trinajstić information content (AvgIpc) is 3.29. The van der Waals surface area contributed by atoms with Gasteiger partial charge in [0, 0.05) is 37.3 Å². The molecule has 0 spiro atoms. The Kier molecular flexibility index (Phi) is 3.06. The van der Waals surface area contributed by atoms with Crippen LogP contribution in [0.4, 0.5) is 5.95 Å². The lowest BCUT2D eigenvalue weighted by Gasteiger charge is -2.33. The quantitative estimate of drug-likeness (QED) is 0.610. The minimum Gasteiger partial charge on any atom is -0.348 e. The molecule has 1 aliphatic rings. The van der Waals surface area contributed by atoms with Gasteiger partial charge in [-0.2, -0.15) is 5.10 Å². The lowest BCUT2D eigenvalue weighted by Crippen LogP contribution is -2.37. The van der Waals surface area contributed by atoms with E-state index in [2.05, 4.69) is 43.9 Å². The predicted octanol–water partition coefficient (Wildman–Crippen LogP) is 2.31. The van der Waals surface area contributed by atoms with Crippen LogP contribution in [0.2, 0.25) is 0 Å². The van der Waals surface area contributed by atoms with E-state index in [-0.39, 0.29) is 6.04 Å². The number of fused-ring (bicyclic) bond motifs is 2. The molecular formula is C18H17N7. The molecule has 7 nitrogen and oxygen atoms in total. The maximum absolute atomic E-state index is 4.82. The molecule has 1 aliphatic heterocycles. The number of aryl methyl sites for hydroxylation is 1. The maximum Gasteiger partial charge on any atom is 0.226 e. The molecule has 1 atom stereocenters. The zero-order chi connectivity index (χ0) is 16.8. The Morgan fingerprint density at radius 1 is 1.16 bits per heavy atom. The van der Waals surface area contributed by atoms with E-state index in [1.165, 1.54) is 5.56 Å². The van der Waals surface area contributed by atoms with Crippen molar-refractivity contribution in [2.24, 2.45) is 0 Å². The Labute approximate surface area is 144 Å². The first-order valence-corrected chi connectivity index (χ1v) is 8.32. The molecule has 4 aromatic rings. The number of pyridine rings is 1. The highest BCUT2D eigenvalue weighted by Crippen LogP contribution is 2.35. The molecule has 1 N–H and O–H groups in total. The average molecular weight is 331 g/mol. The Hall–Kier alpha value is -3.22. The van der Waals surface area contributed by atoms with Crippen LogP contribution < -0.4 is 4.90 Å². The molecule has 0 aliphatic carbocycles. The number of aromatic nitrogens is 6. The van der Waals surface area contributed by atoms with Crippen LogP contribution in [0.5, 0.6) is 0 Å². The molecule has 5 heterocycles. The topological polar surface area (TPSA) is 75.0 Å². The van der Waals surface area contributed by atoms with Gasteiger partial charge in [-0.15, -0.1) is 0 Å². The molecule has 0 aromatic carbocycles. The number of hydrogen-bond acceptors (Lipinski definition) is 5. The summed E-state index contributed by atoms with van der Waals surface area (Å²) in [5, 5.41) is 4.82. The van der Waals surface area contributed by atoms with Gasteiger partial charge >= 0.3 is 0 Å². The summed E-state index contributed by atoms with van der Waals surface area (Å²) < 4.78 is 1.93. The van der Waals surface area contributed by atoms with Crippen molar-refractivity contribution in [3.05, 3.63) is 71.8 Å². The van der Waals surface area contributed by atoms with Gasteiger partial charge in [0.15, 0.2) is 0 Å². The molecule has 25 heavy (non-hydrogen) atoms. The summed E-state index contributed by atoms with van der Waals surface area (Å²) in [4.78, 5) is 18.9. The molecule has 0 fully saturated rings. The standard InChI is InChI=1S/C18H17N7/c1-12-4-2-8-25-15(12)10-14(23-25)17-16-13(21-11-22-16)5-9-24(17)18-19-6-3-7-20-18/h2-4,6-8,10-11,17H,5,9H2,1H3,(H,21,22)/t17-/m0/s1. The first kappa shape index (κ1) is 14.2. The van der Waals surface area contributed by atoms with E-state index in [4.69, 9.17) is 5.10 Å². The number of nitrogens with zero attached hydrogens (tertiary/aromatic N) is 6. The van der Waals surface area contributed by atoms with Crippen molar-refractivity contribution in [2.45, 2.75) is 19.4 Å². The van der Waals surface area contributed by atoms with Gasteiger partial charge in [-0.1, -0.05) is 6.07 Å². The molecule has 0 saturated heterocycles. The van der Waals surface area contributed by atoms with E-state index in [0.29, 0.717) is 5.95 Å². The Morgan fingerprint density at radius 3 is 2.88 bits per heavy atom. The van der Waals surface area contributed by atoms with Crippen LogP contribution in [-0.2, 0) is 6.42 Å². The summed E-state index contributed by atoms with van der Waals surface area (Å²) in [5.41, 5.74) is 5.41. The Bertz CT molecular complexity index is 1030. The van der Waals surface area contributed by atoms with Crippen molar-refractivity contribution >= 4 is 11.5 Å². The number of imidazole rings is 1. The minimum absolute atomic E-state index is 0.100. The number of hydrogen-bond donors (Lipinski definition) is 1. The number of rotatable bonds is 2. The smallest absolute Gasteiger partial charge is 0.226 e. The molecule has 124 valence electrons. The molecule has 5 rings (SSSR count). The first-order valence-electron chi connectivity index (χ1n) is 8.32. The normalized spacial score (nSPS) is 17.0. The van der Waals surface area contributed by atoms with E-state index in [9.17, 15) is 0 Å². The van der Waals surface area contributed by atoms with Crippen LogP contribution in [0, 0.1) is 6.92 Å². The van der Waals surface area contributed by atoms with Crippen LogP contribution in [0.3, 0.4) is 0 Å². The van der Waals surface area contributed by atoms with Crippen LogP contribution >= 0.6 is 0 Å². The zero-order valence-corrected chi connectivity index (χ0v) is 13.8. The molecule has 0 saturated carbocycles. The van der Waals surface area contributed by atoms with E-state index in [1.54, 1.807) is 18.7 Å². The SMILES string of the molecule is Cc1cccn2nc([C@H]3c4nc[nH]c4CCN3c3ncccn3)cc12. The van der Waals surface area contributed by atoms with Gasteiger partial charge in [-0.05, 0) is 30.7 Å². The van der Waals surface area contributed by atoms with Crippen LogP contribution in [0.25, 0.3) is 5.52 Å². The molecule has 4 aromatic heterocycles. The van der Waals surface area contributed by atoms with Crippen molar-refractivity contribution in [3.63, 3.8) is 0 Å². The molecule has 0 radical (unpaired) electrons. The van der Waals surface area contributed by atoms with Crippen molar-refractivity contribution in [1.29, 1.82) is 0 Å². The molecule has 0 unspecified atom stereocenters. The van der Waals surface area contributed by atoms with E-state index < -0.39 is 0 Å². The third kappa shape index (κ3) is 2.20. The maximum atomic E-state index is 4.82. The summed E-state index contributed by atoms with van der Waals surface area (Å²) >= 11 is 0. The van der Waals surface area contributed by atoms with Crippen molar-refractivity contribution in [1.82, 2.24) is 29.5 Å². The monoisotopic (exact) mass is 331 g/mol. The van der Waals surface area contributed by atoms with Gasteiger partial charge < -0.3 is 9.88 Å². The van der Waals surface area contributed by atoms with Gasteiger partial charge in [0.1, 0.15) is 6.04 Å². The summed E-state index contributed by atoms with van der Waals surface area (Å²) in [5.74, 6) is 0.704. The Morgan fingerprint density at radius 2 is 2.04 bits per heavy atom. The molecule has 0 bridgehead atoms. The van der Waals surface area contributed by atoms with Crippen LogP contribution in [0.15, 0.2) is 49.2 Å². The minimum atomic E-state index is -0.100. The largest absolute Gasteiger partial charge is 0.348 e. The summed E-state index contributed by atoms with van der Waals surface area (Å²) in [6.07, 6.45) is 8.16. The highest BCUT2D eigenvalue weighted by molar-refractivity contribution is 5.57. The summed E-state index contributed by atoms with van der Waals surface area (Å²) in [6, 6.07) is 7.98. The second-order valence-corrected chi connectivity index (χ2v) is 6.25. The fraction of sp³-hybridized carbons (Fsp3) is 0.222. The highest BCUT2D eigenvalue weighted by Gasteiger charge is 2.34. The molecule has 7 heteroatoms. The zero-order valence-electron chi connectivity index (χ0n) is 13.8. The van der Waals surface area contributed by atoms with Crippen molar-refractivity contribution in [2.75, 3.05) is 11.4 Å². The number of aromatic amines is 1. The highest BCUT2D eigenvalue weighted by atomic mass is 15.3. The van der Waals surface area contributed by atoms with Crippen LogP contribution in [-0.4, -0.2) is 36.1 Å². The van der Waals surface area contributed by atoms with Crippen LogP contribution in [0.1, 0.15) is 28.7 Å². The van der Waals surface area contributed by atoms with Crippen molar-refractivity contribution < 1.29 is 0 Å². The lowest BCUT2D eigenvalue weighted by molar-refractivity contribution is 0.602. The number of nitrogens with one attached hydrogen (secondary N) is 1. The second kappa shape index (κ2) is 5.41. The molecule has 0 amide bonds. The van der Waals surface area contributed by atoms with Gasteiger partial charge in [0.05, 0.1) is 23.2 Å². The molecular weight excluding hydrogens is 314 g/mol. The van der Waals surface area contributed by atoms with E-state index in [1.807, 2.05) is 22.8 Å². The number of anilines is 1. The fourth-order valence-corrected chi connectivity index (χ4v) is 3.54. The first-order chi connectivity index (χ1) is 12.3. The van der Waals surface area contributed by atoms with Gasteiger partial charge in [-0.25, -0.2) is 19.5 Å². The Balaban J connectivity index is 1.70. The van der Waals surface area contributed by atoms with Gasteiger partial charge in [-0.3, -0.25) is 0 Å². The lowest BCUT2D eigenvalue weighted by atomic mass is 10.00. The van der Waals surface area contributed by atoms with E-state index >= 15 is 0 Å². The number of H-pyrrole nitrogens is 1. The van der Waals surface area contributed by atoms with Crippen molar-refractivity contribution in [3.8, 4) is 0 Å².